The van der Waals surface area contributed by atoms with Crippen LogP contribution in [0.3, 0.4) is 0 Å². The fourth-order valence-electron chi connectivity index (χ4n) is 0. The molecule has 0 spiro atoms. The molecule has 0 radical (unpaired) electrons. The molecule has 0 aromatic carbocycles. The van der Waals surface area contributed by atoms with Crippen molar-refractivity contribution in [2.45, 2.75) is 13.8 Å². The number of rotatable bonds is 0. The minimum Gasteiger partial charge on any atom is -0.550 e. The first-order chi connectivity index (χ1) is 17.3. The predicted molar refractivity (Wildman–Crippen MR) is 104 cm³/mol. The van der Waals surface area contributed by atoms with E-state index in [9.17, 15) is 0 Å². The van der Waals surface area contributed by atoms with E-state index in [1.807, 2.05) is 0 Å². The van der Waals surface area contributed by atoms with Crippen LogP contribution in [-0.2, 0) is 29.1 Å². The van der Waals surface area contributed by atoms with Crippen LogP contribution in [-0.4, -0.2) is 52.6 Å². The molecule has 0 aliphatic carbocycles. The first-order valence-electron chi connectivity index (χ1n) is 6.20. The number of hydrogen-bond acceptors (Lipinski definition) is 28. The molecule has 43 heavy (non-hydrogen) atoms. The van der Waals surface area contributed by atoms with E-state index >= 15 is 0 Å². The molecule has 0 rings (SSSR count). The maximum Gasteiger partial charge on any atom is 4.00 e. The van der Waals surface area contributed by atoms with E-state index in [1.54, 1.807) is 0 Å². The third-order valence-corrected chi connectivity index (χ3v) is 0. The summed E-state index contributed by atoms with van der Waals surface area (Å²) in [6, 6.07) is 0. The van der Waals surface area contributed by atoms with Crippen LogP contribution >= 0.6 is 0 Å². The molecule has 0 heterocycles. The van der Waals surface area contributed by atoms with Gasteiger partial charge >= 0.3 is 90.7 Å². The van der Waals surface area contributed by atoms with Crippen molar-refractivity contribution in [1.82, 2.24) is 0 Å². The van der Waals surface area contributed by atoms with Gasteiger partial charge in [-0.25, -0.2) is 0 Å². The molecule has 0 amide bonds. The average Bonchev–Trinajstić information content (AvgIpc) is 2.47. The second kappa shape index (κ2) is 76.8. The fourth-order valence-corrected chi connectivity index (χ4v) is 0. The molecule has 0 N–H and O–H groups in total. The Morgan fingerprint density at radius 2 is 0.326 bits per heavy atom. The third kappa shape index (κ3) is 2400. The third-order valence-electron chi connectivity index (χ3n) is 0. The monoisotopic (exact) mass is 994 g/mol. The van der Waals surface area contributed by atoms with E-state index in [1.165, 1.54) is 0 Å². The number of hydrogen-bond donors (Lipinski definition) is 0. The van der Waals surface area contributed by atoms with Gasteiger partial charge in [0.25, 0.3) is 0 Å². The Balaban J connectivity index is -0.0000000210. The van der Waals surface area contributed by atoms with E-state index in [0.29, 0.717) is 0 Å². The summed E-state index contributed by atoms with van der Waals surface area (Å²) in [7, 11) is 0. The largest absolute Gasteiger partial charge is 4.00 e. The van der Waals surface area contributed by atoms with Crippen molar-refractivity contribution >= 4 is 11.9 Å². The van der Waals surface area contributed by atoms with E-state index in [-0.39, 0.29) is 90.7 Å². The Morgan fingerprint density at radius 3 is 0.326 bits per heavy atom. The predicted octanol–water partition coefficient (Wildman–Crippen LogP) is -4.40. The van der Waals surface area contributed by atoms with E-state index in [2.05, 4.69) is 0 Å². The van der Waals surface area contributed by atoms with Gasteiger partial charge in [0.1, 0.15) is 0 Å². The van der Waals surface area contributed by atoms with Crippen LogP contribution in [0.1, 0.15) is 13.8 Å². The molecule has 0 aromatic rings. The topological polar surface area (TPSA) is 610 Å². The second-order valence-electron chi connectivity index (χ2n) is 2.77. The van der Waals surface area contributed by atoms with E-state index < -0.39 is 52.6 Å². The Labute approximate surface area is 297 Å². The Bertz CT molecular complexity index is 494. The summed E-state index contributed by atoms with van der Waals surface area (Å²) < 4.78 is 0. The zero-order chi connectivity index (χ0) is 35.8. The van der Waals surface area contributed by atoms with Crippen molar-refractivity contribution < 1.29 is 151 Å². The van der Waals surface area contributed by atoms with Crippen LogP contribution in [0, 0.1) is 194 Å². The van der Waals surface area contributed by atoms with Crippen molar-refractivity contribution in [1.29, 1.82) is 0 Å². The molecule has 0 aliphatic heterocycles. The summed E-state index contributed by atoms with van der Waals surface area (Å²) >= 11 is 0. The first kappa shape index (κ1) is 83.3. The minimum atomic E-state index is -1.75. The SMILES string of the molecule is CC(=O)[O-].CC(=O)[O-].O=[N+]([O-])[O-].O=[N+]([O-])[O-].O=[N+]([O-])[O-].O=[N+]([O-])[O-].O=[N+]([O-])[O-].O=[N+]([O-])[O-].O=[N+]([O-])[O-].O=[N+]([O-])[O-].[La+3].[La+3].[Ru+4]. The van der Waals surface area contributed by atoms with Crippen molar-refractivity contribution in [2.24, 2.45) is 0 Å². The molecule has 244 valence electrons. The fraction of sp³-hybridized carbons (Fsp3) is 0.500. The van der Waals surface area contributed by atoms with Gasteiger partial charge in [-0.2, -0.15) is 0 Å². The number of aliphatic carboxylic acids is 2. The molecule has 0 saturated carbocycles. The van der Waals surface area contributed by atoms with Crippen molar-refractivity contribution in [3.63, 3.8) is 0 Å². The van der Waals surface area contributed by atoms with Crippen LogP contribution in [0.4, 0.5) is 0 Å². The molecule has 0 atom stereocenters. The standard InChI is InChI=1S/2C2H4O2.2La.8NO3.Ru/c2*1-2(3)4;;;8*2-1(3)4;/h2*1H3,(H,3,4);;;;;;;;;;;/q;;2*+3;8*-1;+4/p-2. The minimum absolute atomic E-state index is 0. The van der Waals surface area contributed by atoms with Crippen LogP contribution < -0.4 is 10.2 Å². The van der Waals surface area contributed by atoms with Crippen LogP contribution in [0.25, 0.3) is 0 Å². The molecule has 0 aromatic heterocycles. The summed E-state index contributed by atoms with van der Waals surface area (Å²) in [5.74, 6) is -2.17. The van der Waals surface area contributed by atoms with Crippen LogP contribution in [0.5, 0.6) is 0 Å². The number of nitrogens with zero attached hydrogens (tertiary/aromatic N) is 8. The van der Waals surface area contributed by atoms with Gasteiger partial charge in [0.05, 0.1) is 40.7 Å². The maximum absolute atomic E-state index is 8.89. The maximum atomic E-state index is 8.89. The van der Waals surface area contributed by atoms with Crippen molar-refractivity contribution in [3.8, 4) is 0 Å². The number of carboxylic acids is 2. The molecule has 36 nitrogen and oxygen atoms in total. The Kier molecular flexibility index (Phi) is 149. The molecule has 39 heteroatoms. The van der Waals surface area contributed by atoms with E-state index in [0.717, 1.165) is 13.8 Å². The van der Waals surface area contributed by atoms with Gasteiger partial charge in [-0.3, -0.25) is 0 Å². The zero-order valence-electron chi connectivity index (χ0n) is 19.5. The van der Waals surface area contributed by atoms with Crippen LogP contribution in [0.15, 0.2) is 0 Å². The summed E-state index contributed by atoms with van der Waals surface area (Å²) in [5, 5.41) is 136. The van der Waals surface area contributed by atoms with Crippen LogP contribution in [0.2, 0.25) is 0 Å². The molecule has 0 fully saturated rings. The number of carboxylic acid groups (broad SMARTS) is 2. The summed E-state index contributed by atoms with van der Waals surface area (Å²) in [4.78, 5) is 83.8. The molecule has 0 saturated heterocycles. The summed E-state index contributed by atoms with van der Waals surface area (Å²) in [6.07, 6.45) is 0. The number of carbonyl (C=O) groups is 2. The average molecular weight is 993 g/mol. The van der Waals surface area contributed by atoms with Gasteiger partial charge in [-0.1, -0.05) is 0 Å². The van der Waals surface area contributed by atoms with Gasteiger partial charge in [-0.05, 0) is 13.8 Å². The van der Waals surface area contributed by atoms with Crippen molar-refractivity contribution in [2.75, 3.05) is 0 Å². The summed E-state index contributed by atoms with van der Waals surface area (Å²) in [5.41, 5.74) is 0. The molecule has 0 unspecified atom stereocenters. The molecule has 0 bridgehead atoms. The zero-order valence-corrected chi connectivity index (χ0v) is 28.5. The van der Waals surface area contributed by atoms with Gasteiger partial charge in [0.15, 0.2) is 0 Å². The quantitative estimate of drug-likeness (QED) is 0.126. The summed E-state index contributed by atoms with van der Waals surface area (Å²) in [6.45, 7) is 1.94. The Morgan fingerprint density at radius 1 is 0.326 bits per heavy atom. The first-order valence-corrected chi connectivity index (χ1v) is 6.20. The normalized spacial score (nSPS) is 5.63. The molecule has 0 aliphatic rings. The Hall–Kier alpha value is -4.45. The smallest absolute Gasteiger partial charge is 0.550 e. The van der Waals surface area contributed by atoms with Gasteiger partial charge in [0.2, 0.25) is 0 Å². The van der Waals surface area contributed by atoms with Gasteiger partial charge in [0, 0.05) is 11.9 Å². The second-order valence-corrected chi connectivity index (χ2v) is 2.77. The molecular weight excluding hydrogens is 987 g/mol. The van der Waals surface area contributed by atoms with Gasteiger partial charge in [-0.15, -0.1) is 0 Å². The molecular formula is C4H6La2N8O28Ru. The van der Waals surface area contributed by atoms with Crippen molar-refractivity contribution in [3.05, 3.63) is 123 Å². The number of carbonyl (C=O) groups excluding carboxylic acids is 2. The van der Waals surface area contributed by atoms with E-state index in [4.69, 9.17) is 142 Å². The van der Waals surface area contributed by atoms with Gasteiger partial charge < -0.3 is 142 Å².